The predicted octanol–water partition coefficient (Wildman–Crippen LogP) is 3.36. The fraction of sp³-hybridized carbons (Fsp3) is 0.611. The molecule has 1 aromatic carbocycles. The summed E-state index contributed by atoms with van der Waals surface area (Å²) in [4.78, 5) is 14.6. The minimum atomic E-state index is 0.0301. The van der Waals surface area contributed by atoms with Gasteiger partial charge in [-0.15, -0.1) is 0 Å². The van der Waals surface area contributed by atoms with Crippen molar-refractivity contribution in [2.24, 2.45) is 0 Å². The smallest absolute Gasteiger partial charge is 0.254 e. The molecule has 0 atom stereocenters. The molecule has 3 heteroatoms. The second-order valence-corrected chi connectivity index (χ2v) is 6.99. The van der Waals surface area contributed by atoms with E-state index in [1.165, 1.54) is 18.4 Å². The first-order chi connectivity index (χ1) is 9.93. The maximum absolute atomic E-state index is 12.7. The summed E-state index contributed by atoms with van der Waals surface area (Å²) in [6.07, 6.45) is 4.49. The van der Waals surface area contributed by atoms with Gasteiger partial charge in [-0.25, -0.2) is 0 Å². The van der Waals surface area contributed by atoms with E-state index >= 15 is 0 Å². The van der Waals surface area contributed by atoms with Gasteiger partial charge in [0.25, 0.3) is 5.91 Å². The lowest BCUT2D eigenvalue weighted by molar-refractivity contribution is 0.0638. The minimum Gasteiger partial charge on any atom is -0.395 e. The zero-order valence-electron chi connectivity index (χ0n) is 13.4. The highest BCUT2D eigenvalue weighted by Gasteiger charge is 2.27. The highest BCUT2D eigenvalue weighted by molar-refractivity contribution is 5.94. The van der Waals surface area contributed by atoms with Crippen LogP contribution in [-0.2, 0) is 5.41 Å². The maximum Gasteiger partial charge on any atom is 0.254 e. The Morgan fingerprint density at radius 2 is 1.76 bits per heavy atom. The highest BCUT2D eigenvalue weighted by Crippen LogP contribution is 2.26. The molecule has 116 valence electrons. The van der Waals surface area contributed by atoms with Gasteiger partial charge in [-0.1, -0.05) is 45.7 Å². The zero-order chi connectivity index (χ0) is 15.5. The summed E-state index contributed by atoms with van der Waals surface area (Å²) in [7, 11) is 0. The third-order valence-corrected chi connectivity index (χ3v) is 4.37. The molecular formula is C18H27NO2. The van der Waals surface area contributed by atoms with Crippen LogP contribution < -0.4 is 0 Å². The summed E-state index contributed by atoms with van der Waals surface area (Å²) < 4.78 is 0. The number of amides is 1. The van der Waals surface area contributed by atoms with Gasteiger partial charge in [0.05, 0.1) is 6.61 Å². The van der Waals surface area contributed by atoms with Crippen LogP contribution in [0.15, 0.2) is 24.3 Å². The van der Waals surface area contributed by atoms with E-state index in [9.17, 15) is 9.90 Å². The molecule has 0 aliphatic heterocycles. The maximum atomic E-state index is 12.7. The van der Waals surface area contributed by atoms with Gasteiger partial charge >= 0.3 is 0 Å². The molecule has 1 aliphatic carbocycles. The van der Waals surface area contributed by atoms with Gasteiger partial charge in [-0.05, 0) is 36.0 Å². The van der Waals surface area contributed by atoms with Crippen molar-refractivity contribution in [1.29, 1.82) is 0 Å². The molecular weight excluding hydrogens is 262 g/mol. The number of nitrogens with zero attached hydrogens (tertiary/aromatic N) is 1. The fourth-order valence-electron chi connectivity index (χ4n) is 3.05. The van der Waals surface area contributed by atoms with Crippen molar-refractivity contribution < 1.29 is 9.90 Å². The molecule has 1 aromatic rings. The van der Waals surface area contributed by atoms with Crippen molar-refractivity contribution >= 4 is 5.91 Å². The van der Waals surface area contributed by atoms with E-state index in [0.717, 1.165) is 18.4 Å². The number of hydrogen-bond acceptors (Lipinski definition) is 2. The van der Waals surface area contributed by atoms with Gasteiger partial charge in [-0.2, -0.15) is 0 Å². The van der Waals surface area contributed by atoms with Crippen LogP contribution >= 0.6 is 0 Å². The summed E-state index contributed by atoms with van der Waals surface area (Å²) in [5.41, 5.74) is 2.05. The second kappa shape index (κ2) is 6.61. The van der Waals surface area contributed by atoms with E-state index in [1.807, 2.05) is 29.2 Å². The zero-order valence-corrected chi connectivity index (χ0v) is 13.4. The van der Waals surface area contributed by atoms with Crippen LogP contribution in [-0.4, -0.2) is 35.1 Å². The normalized spacial score (nSPS) is 16.2. The van der Waals surface area contributed by atoms with Gasteiger partial charge in [0.2, 0.25) is 0 Å². The van der Waals surface area contributed by atoms with Gasteiger partial charge in [0, 0.05) is 18.2 Å². The quantitative estimate of drug-likeness (QED) is 0.923. The average Bonchev–Trinajstić information content (AvgIpc) is 2.97. The molecule has 21 heavy (non-hydrogen) atoms. The van der Waals surface area contributed by atoms with E-state index in [-0.39, 0.29) is 17.9 Å². The number of benzene rings is 1. The summed E-state index contributed by atoms with van der Waals surface area (Å²) in [5.74, 6) is 0.0522. The first-order valence-electron chi connectivity index (χ1n) is 7.96. The number of aliphatic hydroxyl groups excluding tert-OH is 1. The molecule has 0 radical (unpaired) electrons. The van der Waals surface area contributed by atoms with E-state index < -0.39 is 0 Å². The third kappa shape index (κ3) is 3.85. The van der Waals surface area contributed by atoms with Crippen molar-refractivity contribution in [3.63, 3.8) is 0 Å². The Balaban J connectivity index is 2.16. The Labute approximate surface area is 128 Å². The summed E-state index contributed by atoms with van der Waals surface area (Å²) in [5, 5.41) is 9.25. The molecule has 2 rings (SSSR count). The number of aliphatic hydroxyl groups is 1. The van der Waals surface area contributed by atoms with Crippen molar-refractivity contribution in [1.82, 2.24) is 4.90 Å². The van der Waals surface area contributed by atoms with Gasteiger partial charge in [0.1, 0.15) is 0 Å². The Morgan fingerprint density at radius 1 is 1.19 bits per heavy atom. The SMILES string of the molecule is CC(C)(C)c1ccc(C(=O)N(CCO)C2CCCC2)cc1. The lowest BCUT2D eigenvalue weighted by Gasteiger charge is -2.28. The lowest BCUT2D eigenvalue weighted by Crippen LogP contribution is -2.40. The molecule has 0 spiro atoms. The summed E-state index contributed by atoms with van der Waals surface area (Å²) in [6.45, 7) is 6.97. The van der Waals surface area contributed by atoms with E-state index in [4.69, 9.17) is 0 Å². The van der Waals surface area contributed by atoms with Gasteiger partial charge in [0.15, 0.2) is 0 Å². The number of carbonyl (C=O) groups excluding carboxylic acids is 1. The van der Waals surface area contributed by atoms with Crippen LogP contribution in [0, 0.1) is 0 Å². The largest absolute Gasteiger partial charge is 0.395 e. The van der Waals surface area contributed by atoms with Crippen LogP contribution in [0.3, 0.4) is 0 Å². The van der Waals surface area contributed by atoms with Crippen LogP contribution in [0.25, 0.3) is 0 Å². The van der Waals surface area contributed by atoms with Crippen LogP contribution in [0.5, 0.6) is 0 Å². The molecule has 1 fully saturated rings. The second-order valence-electron chi connectivity index (χ2n) is 6.99. The molecule has 1 amide bonds. The first-order valence-corrected chi connectivity index (χ1v) is 7.96. The Bertz CT molecular complexity index is 467. The number of carbonyl (C=O) groups is 1. The Morgan fingerprint density at radius 3 is 2.24 bits per heavy atom. The van der Waals surface area contributed by atoms with E-state index in [2.05, 4.69) is 20.8 Å². The van der Waals surface area contributed by atoms with Crippen molar-refractivity contribution in [2.45, 2.75) is 57.9 Å². The molecule has 3 nitrogen and oxygen atoms in total. The molecule has 0 saturated heterocycles. The van der Waals surface area contributed by atoms with Crippen molar-refractivity contribution in [3.8, 4) is 0 Å². The Kier molecular flexibility index (Phi) is 5.04. The van der Waals surface area contributed by atoms with Crippen LogP contribution in [0.2, 0.25) is 0 Å². The molecule has 1 saturated carbocycles. The topological polar surface area (TPSA) is 40.5 Å². The van der Waals surface area contributed by atoms with Crippen molar-refractivity contribution in [2.75, 3.05) is 13.2 Å². The number of hydrogen-bond donors (Lipinski definition) is 1. The molecule has 1 aliphatic rings. The third-order valence-electron chi connectivity index (χ3n) is 4.37. The monoisotopic (exact) mass is 289 g/mol. The lowest BCUT2D eigenvalue weighted by atomic mass is 9.86. The molecule has 1 N–H and O–H groups in total. The molecule has 0 bridgehead atoms. The predicted molar refractivity (Wildman–Crippen MR) is 85.5 cm³/mol. The van der Waals surface area contributed by atoms with E-state index in [0.29, 0.717) is 12.6 Å². The van der Waals surface area contributed by atoms with Crippen molar-refractivity contribution in [3.05, 3.63) is 35.4 Å². The standard InChI is InChI=1S/C18H27NO2/c1-18(2,3)15-10-8-14(9-11-15)17(21)19(12-13-20)16-6-4-5-7-16/h8-11,16,20H,4-7,12-13H2,1-3H3. The molecule has 0 aromatic heterocycles. The minimum absolute atomic E-state index is 0.0301. The van der Waals surface area contributed by atoms with Gasteiger partial charge in [-0.3, -0.25) is 4.79 Å². The average molecular weight is 289 g/mol. The fourth-order valence-corrected chi connectivity index (χ4v) is 3.05. The van der Waals surface area contributed by atoms with Crippen LogP contribution in [0.1, 0.15) is 62.4 Å². The van der Waals surface area contributed by atoms with E-state index in [1.54, 1.807) is 0 Å². The highest BCUT2D eigenvalue weighted by atomic mass is 16.3. The molecule has 0 heterocycles. The van der Waals surface area contributed by atoms with Gasteiger partial charge < -0.3 is 10.0 Å². The summed E-state index contributed by atoms with van der Waals surface area (Å²) >= 11 is 0. The first kappa shape index (κ1) is 16.0. The number of rotatable bonds is 4. The summed E-state index contributed by atoms with van der Waals surface area (Å²) in [6, 6.07) is 8.22. The molecule has 0 unspecified atom stereocenters. The van der Waals surface area contributed by atoms with Crippen LogP contribution in [0.4, 0.5) is 0 Å². The Hall–Kier alpha value is -1.35.